The number of ether oxygens (including phenoxy) is 1. The zero-order valence-corrected chi connectivity index (χ0v) is 11.1. The molecule has 104 valence electrons. The Morgan fingerprint density at radius 1 is 1.58 bits per heavy atom. The maximum atomic E-state index is 12.0. The molecule has 2 heterocycles. The van der Waals surface area contributed by atoms with Gasteiger partial charge in [0.2, 0.25) is 0 Å². The van der Waals surface area contributed by atoms with Crippen LogP contribution >= 0.6 is 0 Å². The molecule has 19 heavy (non-hydrogen) atoms. The van der Waals surface area contributed by atoms with Crippen molar-refractivity contribution in [1.29, 1.82) is 0 Å². The molecule has 1 N–H and O–H groups in total. The summed E-state index contributed by atoms with van der Waals surface area (Å²) < 4.78 is 5.53. The van der Waals surface area contributed by atoms with E-state index >= 15 is 0 Å². The van der Waals surface area contributed by atoms with E-state index < -0.39 is 0 Å². The highest BCUT2D eigenvalue weighted by molar-refractivity contribution is 5.91. The van der Waals surface area contributed by atoms with Crippen LogP contribution in [0.1, 0.15) is 36.2 Å². The van der Waals surface area contributed by atoms with Crippen LogP contribution in [0.25, 0.3) is 0 Å². The van der Waals surface area contributed by atoms with Crippen LogP contribution in [0.15, 0.2) is 17.2 Å². The molecule has 1 atom stereocenters. The molecule has 1 aliphatic heterocycles. The predicted octanol–water partition coefficient (Wildman–Crippen LogP) is 0.801. The Labute approximate surface area is 111 Å². The second kappa shape index (κ2) is 6.47. The van der Waals surface area contributed by atoms with Gasteiger partial charge in [-0.25, -0.2) is 0 Å². The van der Waals surface area contributed by atoms with Crippen LogP contribution in [0.5, 0.6) is 0 Å². The maximum absolute atomic E-state index is 12.0. The molecule has 6 heteroatoms. The number of nitrogens with zero attached hydrogens (tertiary/aromatic N) is 2. The van der Waals surface area contributed by atoms with E-state index in [4.69, 9.17) is 4.74 Å². The monoisotopic (exact) mass is 265 g/mol. The summed E-state index contributed by atoms with van der Waals surface area (Å²) in [6, 6.07) is 0. The number of hydrogen-bond donors (Lipinski definition) is 1. The quantitative estimate of drug-likeness (QED) is 0.854. The second-order valence-electron chi connectivity index (χ2n) is 4.81. The molecule has 0 saturated carbocycles. The summed E-state index contributed by atoms with van der Waals surface area (Å²) >= 11 is 0. The molecule has 0 radical (unpaired) electrons. The lowest BCUT2D eigenvalue weighted by Crippen LogP contribution is -2.30. The van der Waals surface area contributed by atoms with Gasteiger partial charge in [0.15, 0.2) is 0 Å². The van der Waals surface area contributed by atoms with E-state index in [1.807, 2.05) is 0 Å². The van der Waals surface area contributed by atoms with E-state index in [1.165, 1.54) is 6.20 Å². The van der Waals surface area contributed by atoms with Crippen LogP contribution in [0.3, 0.4) is 0 Å². The molecule has 1 amide bonds. The third-order valence-electron chi connectivity index (χ3n) is 3.27. The summed E-state index contributed by atoms with van der Waals surface area (Å²) in [7, 11) is 1.73. The molecule has 0 spiro atoms. The van der Waals surface area contributed by atoms with Gasteiger partial charge in [-0.1, -0.05) is 0 Å². The smallest absolute Gasteiger partial charge is 0.271 e. The van der Waals surface area contributed by atoms with E-state index in [-0.39, 0.29) is 17.2 Å². The summed E-state index contributed by atoms with van der Waals surface area (Å²) in [5, 5.41) is 0. The molecular formula is C13H19N3O3. The van der Waals surface area contributed by atoms with Gasteiger partial charge in [-0.3, -0.25) is 14.6 Å². The van der Waals surface area contributed by atoms with Crippen molar-refractivity contribution in [2.45, 2.75) is 31.8 Å². The van der Waals surface area contributed by atoms with Crippen LogP contribution in [0.4, 0.5) is 0 Å². The van der Waals surface area contributed by atoms with Gasteiger partial charge in [-0.05, 0) is 25.7 Å². The normalized spacial score (nSPS) is 18.5. The minimum Gasteiger partial charge on any atom is -0.378 e. The predicted molar refractivity (Wildman–Crippen MR) is 70.0 cm³/mol. The zero-order valence-electron chi connectivity index (χ0n) is 11.1. The molecule has 1 saturated heterocycles. The lowest BCUT2D eigenvalue weighted by molar-refractivity contribution is 0.0757. The van der Waals surface area contributed by atoms with Crippen molar-refractivity contribution < 1.29 is 9.53 Å². The summed E-state index contributed by atoms with van der Waals surface area (Å²) in [6.07, 6.45) is 7.00. The lowest BCUT2D eigenvalue weighted by Gasteiger charge is -2.17. The average Bonchev–Trinajstić information content (AvgIpc) is 2.91. The molecule has 6 nitrogen and oxygen atoms in total. The van der Waals surface area contributed by atoms with Crippen LogP contribution in [0.2, 0.25) is 0 Å². The Morgan fingerprint density at radius 2 is 2.42 bits per heavy atom. The van der Waals surface area contributed by atoms with Crippen LogP contribution in [-0.4, -0.2) is 47.1 Å². The number of nitrogens with one attached hydrogen (secondary N) is 1. The van der Waals surface area contributed by atoms with Gasteiger partial charge >= 0.3 is 0 Å². The van der Waals surface area contributed by atoms with E-state index in [0.717, 1.165) is 38.5 Å². The largest absolute Gasteiger partial charge is 0.378 e. The molecule has 1 fully saturated rings. The fraction of sp³-hybridized carbons (Fsp3) is 0.615. The van der Waals surface area contributed by atoms with Gasteiger partial charge in [-0.2, -0.15) is 0 Å². The molecule has 0 unspecified atom stereocenters. The van der Waals surface area contributed by atoms with Crippen molar-refractivity contribution in [1.82, 2.24) is 14.9 Å². The Morgan fingerprint density at radius 3 is 3.11 bits per heavy atom. The van der Waals surface area contributed by atoms with Crippen molar-refractivity contribution in [3.63, 3.8) is 0 Å². The van der Waals surface area contributed by atoms with Gasteiger partial charge in [0.1, 0.15) is 5.69 Å². The highest BCUT2D eigenvalue weighted by Crippen LogP contribution is 2.16. The molecule has 1 aromatic heterocycles. The van der Waals surface area contributed by atoms with Crippen molar-refractivity contribution in [3.8, 4) is 0 Å². The van der Waals surface area contributed by atoms with Gasteiger partial charge < -0.3 is 14.6 Å². The van der Waals surface area contributed by atoms with Crippen LogP contribution in [-0.2, 0) is 4.74 Å². The molecule has 0 aliphatic carbocycles. The Bertz CT molecular complexity index is 480. The zero-order chi connectivity index (χ0) is 13.7. The van der Waals surface area contributed by atoms with Gasteiger partial charge in [-0.15, -0.1) is 0 Å². The number of carbonyl (C=O) groups is 1. The first-order valence-electron chi connectivity index (χ1n) is 6.58. The lowest BCUT2D eigenvalue weighted by atomic mass is 10.1. The van der Waals surface area contributed by atoms with E-state index in [9.17, 15) is 9.59 Å². The van der Waals surface area contributed by atoms with Crippen LogP contribution in [0, 0.1) is 0 Å². The average molecular weight is 265 g/mol. The molecule has 0 aromatic carbocycles. The topological polar surface area (TPSA) is 75.3 Å². The standard InChI is InChI=1S/C13H19N3O3/c1-16(6-2-4-10-5-3-7-19-10)13(18)11-8-14-9-12(17)15-11/h8-10H,2-7H2,1H3,(H,15,17)/t10-/m1/s1. The van der Waals surface area contributed by atoms with Crippen molar-refractivity contribution in [2.24, 2.45) is 0 Å². The SMILES string of the molecule is CN(CCC[C@@H]1CCCO1)C(=O)c1cncc(=O)[nH]1. The highest BCUT2D eigenvalue weighted by Gasteiger charge is 2.17. The summed E-state index contributed by atoms with van der Waals surface area (Å²) in [6.45, 7) is 1.51. The second-order valence-corrected chi connectivity index (χ2v) is 4.81. The Balaban J connectivity index is 1.80. The number of amides is 1. The Hall–Kier alpha value is -1.69. The third-order valence-corrected chi connectivity index (χ3v) is 3.27. The fourth-order valence-corrected chi connectivity index (χ4v) is 2.22. The number of rotatable bonds is 5. The van der Waals surface area contributed by atoms with E-state index in [2.05, 4.69) is 9.97 Å². The minimum atomic E-state index is -0.362. The van der Waals surface area contributed by atoms with E-state index in [0.29, 0.717) is 12.6 Å². The molecule has 1 aliphatic rings. The maximum Gasteiger partial charge on any atom is 0.271 e. The number of aromatic nitrogens is 2. The molecule has 1 aromatic rings. The molecular weight excluding hydrogens is 246 g/mol. The van der Waals surface area contributed by atoms with Gasteiger partial charge in [0, 0.05) is 20.2 Å². The first-order valence-corrected chi connectivity index (χ1v) is 6.58. The van der Waals surface area contributed by atoms with Crippen LogP contribution < -0.4 is 5.56 Å². The minimum absolute atomic E-state index is 0.211. The van der Waals surface area contributed by atoms with Crippen molar-refractivity contribution in [2.75, 3.05) is 20.2 Å². The highest BCUT2D eigenvalue weighted by atomic mass is 16.5. The van der Waals surface area contributed by atoms with Crippen molar-refractivity contribution in [3.05, 3.63) is 28.4 Å². The molecule has 0 bridgehead atoms. The fourth-order valence-electron chi connectivity index (χ4n) is 2.22. The first-order chi connectivity index (χ1) is 9.16. The molecule has 2 rings (SSSR count). The summed E-state index contributed by atoms with van der Waals surface area (Å²) in [5.74, 6) is -0.211. The Kier molecular flexibility index (Phi) is 4.68. The summed E-state index contributed by atoms with van der Waals surface area (Å²) in [5.41, 5.74) is -0.134. The number of hydrogen-bond acceptors (Lipinski definition) is 4. The number of aromatic amines is 1. The third kappa shape index (κ3) is 3.89. The van der Waals surface area contributed by atoms with E-state index in [1.54, 1.807) is 11.9 Å². The van der Waals surface area contributed by atoms with Gasteiger partial charge in [0.25, 0.3) is 11.5 Å². The van der Waals surface area contributed by atoms with Gasteiger partial charge in [0.05, 0.1) is 18.5 Å². The van der Waals surface area contributed by atoms with Crippen molar-refractivity contribution >= 4 is 5.91 Å². The first kappa shape index (κ1) is 13.7. The number of H-pyrrole nitrogens is 1. The number of carbonyl (C=O) groups excluding carboxylic acids is 1. The summed E-state index contributed by atoms with van der Waals surface area (Å²) in [4.78, 5) is 30.9.